The van der Waals surface area contributed by atoms with E-state index in [1.165, 1.54) is 42.6 Å². The smallest absolute Gasteiger partial charge is 0.282 e. The van der Waals surface area contributed by atoms with Gasteiger partial charge in [0.1, 0.15) is 0 Å². The Bertz CT molecular complexity index is 799. The zero-order valence-electron chi connectivity index (χ0n) is 11.1. The third kappa shape index (κ3) is 4.11. The maximum Gasteiger partial charge on any atom is 0.294 e. The number of nitrogens with one attached hydrogen (secondary N) is 1. The quantitative estimate of drug-likeness (QED) is 0.377. The van der Waals surface area contributed by atoms with Crippen molar-refractivity contribution in [3.05, 3.63) is 64.2 Å². The summed E-state index contributed by atoms with van der Waals surface area (Å²) < 4.78 is 30.6. The van der Waals surface area contributed by atoms with Crippen molar-refractivity contribution in [1.82, 2.24) is 0 Å². The summed E-state index contributed by atoms with van der Waals surface area (Å²) in [5, 5.41) is 14.4. The summed E-state index contributed by atoms with van der Waals surface area (Å²) in [4.78, 5) is 9.81. The van der Waals surface area contributed by atoms with Crippen molar-refractivity contribution < 1.29 is 17.9 Å². The molecule has 8 nitrogen and oxygen atoms in total. The molecule has 9 heteroatoms. The normalized spacial score (nSPS) is 11.5. The molecule has 0 saturated heterocycles. The van der Waals surface area contributed by atoms with E-state index in [0.717, 1.165) is 0 Å². The van der Waals surface area contributed by atoms with E-state index >= 15 is 0 Å². The van der Waals surface area contributed by atoms with E-state index in [2.05, 4.69) is 10.5 Å². The largest absolute Gasteiger partial charge is 0.294 e. The van der Waals surface area contributed by atoms with Crippen LogP contribution in [0.25, 0.3) is 0 Å². The first-order valence-corrected chi connectivity index (χ1v) is 7.41. The van der Waals surface area contributed by atoms with Crippen molar-refractivity contribution in [3.63, 3.8) is 0 Å². The van der Waals surface area contributed by atoms with Gasteiger partial charge < -0.3 is 0 Å². The summed E-state index contributed by atoms with van der Waals surface area (Å²) in [6.07, 6.45) is 1.46. The van der Waals surface area contributed by atoms with Crippen molar-refractivity contribution in [1.29, 1.82) is 0 Å². The van der Waals surface area contributed by atoms with Crippen LogP contribution in [-0.2, 0) is 10.1 Å². The van der Waals surface area contributed by atoms with Gasteiger partial charge >= 0.3 is 0 Å². The van der Waals surface area contributed by atoms with E-state index in [1.807, 2.05) is 0 Å². The second kappa shape index (κ2) is 6.33. The van der Waals surface area contributed by atoms with Crippen LogP contribution in [-0.4, -0.2) is 24.1 Å². The van der Waals surface area contributed by atoms with E-state index in [0.29, 0.717) is 11.3 Å². The Kier molecular flexibility index (Phi) is 4.49. The van der Waals surface area contributed by atoms with Crippen LogP contribution in [0.4, 0.5) is 11.4 Å². The highest BCUT2D eigenvalue weighted by atomic mass is 32.2. The molecule has 0 bridgehead atoms. The summed E-state index contributed by atoms with van der Waals surface area (Å²) >= 11 is 0. The van der Waals surface area contributed by atoms with Gasteiger partial charge in [-0.25, -0.2) is 0 Å². The monoisotopic (exact) mass is 321 g/mol. The number of non-ortho nitro benzene ring substituents is 1. The van der Waals surface area contributed by atoms with Crippen LogP contribution in [0, 0.1) is 10.1 Å². The second-order valence-electron chi connectivity index (χ2n) is 4.22. The highest BCUT2D eigenvalue weighted by Crippen LogP contribution is 2.14. The van der Waals surface area contributed by atoms with Crippen molar-refractivity contribution in [2.45, 2.75) is 4.90 Å². The lowest BCUT2D eigenvalue weighted by molar-refractivity contribution is -0.384. The fraction of sp³-hybridized carbons (Fsp3) is 0. The molecule has 2 rings (SSSR count). The molecule has 2 aromatic rings. The lowest BCUT2D eigenvalue weighted by Crippen LogP contribution is -1.98. The highest BCUT2D eigenvalue weighted by Gasteiger charge is 2.08. The maximum atomic E-state index is 10.9. The molecular weight excluding hydrogens is 310 g/mol. The fourth-order valence-corrected chi connectivity index (χ4v) is 2.04. The zero-order valence-corrected chi connectivity index (χ0v) is 11.9. The number of nitro groups is 1. The standard InChI is InChI=1S/C13H11N3O5S/c17-16(18)12-5-1-10(2-6-12)9-14-15-11-3-7-13(8-4-11)22(19,20)21/h1-9,15H,(H,19,20,21)/b14-9-. The number of benzene rings is 2. The van der Waals surface area contributed by atoms with Gasteiger partial charge in [0.2, 0.25) is 0 Å². The van der Waals surface area contributed by atoms with Crippen LogP contribution in [0.3, 0.4) is 0 Å². The van der Waals surface area contributed by atoms with Gasteiger partial charge in [-0.1, -0.05) is 0 Å². The number of hydrogen-bond acceptors (Lipinski definition) is 6. The number of anilines is 1. The van der Waals surface area contributed by atoms with Crippen LogP contribution < -0.4 is 5.43 Å². The molecule has 0 spiro atoms. The molecule has 0 radical (unpaired) electrons. The molecule has 0 unspecified atom stereocenters. The van der Waals surface area contributed by atoms with Crippen molar-refractivity contribution >= 4 is 27.7 Å². The number of nitro benzene ring substituents is 1. The fourth-order valence-electron chi connectivity index (χ4n) is 1.56. The number of hydrazone groups is 1. The minimum absolute atomic E-state index is 0.00842. The van der Waals surface area contributed by atoms with E-state index < -0.39 is 15.0 Å². The summed E-state index contributed by atoms with van der Waals surface area (Å²) in [6, 6.07) is 11.2. The molecule has 0 aliphatic carbocycles. The zero-order chi connectivity index (χ0) is 16.2. The molecular formula is C13H11N3O5S. The Labute approximate surface area is 126 Å². The van der Waals surface area contributed by atoms with Crippen molar-refractivity contribution in [3.8, 4) is 0 Å². The Morgan fingerprint density at radius 1 is 1.09 bits per heavy atom. The molecule has 2 aromatic carbocycles. The van der Waals surface area contributed by atoms with Crippen LogP contribution in [0.5, 0.6) is 0 Å². The molecule has 0 heterocycles. The van der Waals surface area contributed by atoms with Crippen molar-refractivity contribution in [2.75, 3.05) is 5.43 Å². The SMILES string of the molecule is O=[N+]([O-])c1ccc(/C=N\Nc2ccc(S(=O)(=O)O)cc2)cc1. The summed E-state index contributed by atoms with van der Waals surface area (Å²) in [5.41, 5.74) is 3.84. The maximum absolute atomic E-state index is 10.9. The van der Waals surface area contributed by atoms with Crippen molar-refractivity contribution in [2.24, 2.45) is 5.10 Å². The average Bonchev–Trinajstić information content (AvgIpc) is 2.47. The molecule has 0 atom stereocenters. The van der Waals surface area contributed by atoms with Gasteiger partial charge in [0.25, 0.3) is 15.8 Å². The minimum atomic E-state index is -4.22. The predicted octanol–water partition coefficient (Wildman–Crippen LogP) is 2.29. The molecule has 22 heavy (non-hydrogen) atoms. The Balaban J connectivity index is 2.01. The molecule has 0 aliphatic heterocycles. The second-order valence-corrected chi connectivity index (χ2v) is 5.64. The first kappa shape index (κ1) is 15.6. The minimum Gasteiger partial charge on any atom is -0.282 e. The van der Waals surface area contributed by atoms with Gasteiger partial charge in [-0.15, -0.1) is 0 Å². The Morgan fingerprint density at radius 3 is 2.18 bits per heavy atom. The van der Waals surface area contributed by atoms with Crippen LogP contribution in [0.2, 0.25) is 0 Å². The molecule has 0 aliphatic rings. The first-order valence-electron chi connectivity index (χ1n) is 5.97. The summed E-state index contributed by atoms with van der Waals surface area (Å²) in [5.74, 6) is 0. The number of nitrogens with zero attached hydrogens (tertiary/aromatic N) is 2. The van der Waals surface area contributed by atoms with E-state index in [1.54, 1.807) is 12.1 Å². The highest BCUT2D eigenvalue weighted by molar-refractivity contribution is 7.85. The van der Waals surface area contributed by atoms with Crippen LogP contribution in [0.1, 0.15) is 5.56 Å². The summed E-state index contributed by atoms with van der Waals surface area (Å²) in [6.45, 7) is 0. The van der Waals surface area contributed by atoms with E-state index in [4.69, 9.17) is 4.55 Å². The summed E-state index contributed by atoms with van der Waals surface area (Å²) in [7, 11) is -4.22. The predicted molar refractivity (Wildman–Crippen MR) is 80.6 cm³/mol. The Hall–Kier alpha value is -2.78. The van der Waals surface area contributed by atoms with Gasteiger partial charge in [-0.2, -0.15) is 13.5 Å². The molecule has 0 fully saturated rings. The van der Waals surface area contributed by atoms with Gasteiger partial charge in [0, 0.05) is 12.1 Å². The number of rotatable bonds is 5. The Morgan fingerprint density at radius 2 is 1.68 bits per heavy atom. The van der Waals surface area contributed by atoms with Gasteiger partial charge in [0.15, 0.2) is 0 Å². The van der Waals surface area contributed by atoms with E-state index in [-0.39, 0.29) is 10.6 Å². The lowest BCUT2D eigenvalue weighted by atomic mass is 10.2. The average molecular weight is 321 g/mol. The third-order valence-corrected chi connectivity index (χ3v) is 3.53. The number of hydrogen-bond donors (Lipinski definition) is 2. The lowest BCUT2D eigenvalue weighted by Gasteiger charge is -2.01. The van der Waals surface area contributed by atoms with Gasteiger partial charge in [-0.05, 0) is 42.0 Å². The first-order chi connectivity index (χ1) is 10.4. The van der Waals surface area contributed by atoms with Crippen LogP contribution >= 0.6 is 0 Å². The molecule has 0 amide bonds. The third-order valence-electron chi connectivity index (χ3n) is 2.66. The van der Waals surface area contributed by atoms with Gasteiger partial charge in [-0.3, -0.25) is 20.1 Å². The van der Waals surface area contributed by atoms with E-state index in [9.17, 15) is 18.5 Å². The molecule has 0 aromatic heterocycles. The topological polar surface area (TPSA) is 122 Å². The van der Waals surface area contributed by atoms with Crippen LogP contribution in [0.15, 0.2) is 58.5 Å². The molecule has 2 N–H and O–H groups in total. The molecule has 114 valence electrons. The van der Waals surface area contributed by atoms with Gasteiger partial charge in [0.05, 0.1) is 21.7 Å². The molecule has 0 saturated carbocycles.